The Balaban J connectivity index is 2.49. The summed E-state index contributed by atoms with van der Waals surface area (Å²) in [4.78, 5) is 22.7. The molecule has 0 aliphatic rings. The van der Waals surface area contributed by atoms with Crippen LogP contribution in [0, 0.1) is 0 Å². The number of nitrogens with zero attached hydrogens (tertiary/aromatic N) is 1. The second kappa shape index (κ2) is 8.31. The van der Waals surface area contributed by atoms with E-state index in [1.165, 1.54) is 12.3 Å². The number of hydrogen-bond acceptors (Lipinski definition) is 4. The molecule has 0 bridgehead atoms. The number of amides is 2. The van der Waals surface area contributed by atoms with E-state index in [1.807, 2.05) is 6.92 Å². The van der Waals surface area contributed by atoms with Gasteiger partial charge in [0.15, 0.2) is 0 Å². The summed E-state index contributed by atoms with van der Waals surface area (Å²) >= 11 is 3.25. The van der Waals surface area contributed by atoms with Gasteiger partial charge in [-0.05, 0) is 24.6 Å². The summed E-state index contributed by atoms with van der Waals surface area (Å²) in [5.74, 6) is -1.54. The highest BCUT2D eigenvalue weighted by molar-refractivity contribution is 9.10. The van der Waals surface area contributed by atoms with Crippen LogP contribution in [0.2, 0.25) is 0 Å². The fourth-order valence-corrected chi connectivity index (χ4v) is 1.68. The molecule has 0 fully saturated rings. The van der Waals surface area contributed by atoms with Gasteiger partial charge in [0.2, 0.25) is 0 Å². The third-order valence-electron chi connectivity index (χ3n) is 2.38. The molecule has 2 amide bonds. The number of aromatic hydroxyl groups is 1. The molecule has 3 N–H and O–H groups in total. The first-order chi connectivity index (χ1) is 9.54. The van der Waals surface area contributed by atoms with Crippen LogP contribution in [0.25, 0.3) is 0 Å². The predicted molar refractivity (Wildman–Crippen MR) is 79.5 cm³/mol. The monoisotopic (exact) mass is 341 g/mol. The molecule has 0 heterocycles. The van der Waals surface area contributed by atoms with Crippen molar-refractivity contribution in [3.63, 3.8) is 0 Å². The number of carbonyl (C=O) groups excluding carboxylic acids is 2. The molecule has 6 nitrogen and oxygen atoms in total. The fraction of sp³-hybridized carbons (Fsp3) is 0.308. The van der Waals surface area contributed by atoms with E-state index in [2.05, 4.69) is 31.8 Å². The van der Waals surface area contributed by atoms with Crippen LogP contribution in [-0.4, -0.2) is 29.7 Å². The molecule has 0 saturated carbocycles. The molecular formula is C13H16BrN3O3. The molecule has 0 atom stereocenters. The SMILES string of the molecule is CCCCNC(=O)C(=O)N/N=C\c1cc(Br)ccc1O. The minimum Gasteiger partial charge on any atom is -0.507 e. The lowest BCUT2D eigenvalue weighted by atomic mass is 10.2. The Labute approximate surface area is 125 Å². The van der Waals surface area contributed by atoms with E-state index in [1.54, 1.807) is 12.1 Å². The maximum absolute atomic E-state index is 11.4. The van der Waals surface area contributed by atoms with E-state index in [0.717, 1.165) is 17.3 Å². The van der Waals surface area contributed by atoms with Gasteiger partial charge in [-0.25, -0.2) is 5.43 Å². The Morgan fingerprint density at radius 2 is 2.15 bits per heavy atom. The number of carbonyl (C=O) groups is 2. The molecule has 0 radical (unpaired) electrons. The minimum atomic E-state index is -0.841. The summed E-state index contributed by atoms with van der Waals surface area (Å²) in [5.41, 5.74) is 2.52. The number of unbranched alkanes of at least 4 members (excludes halogenated alkanes) is 1. The number of hydrazone groups is 1. The minimum absolute atomic E-state index is 0.0265. The van der Waals surface area contributed by atoms with E-state index >= 15 is 0 Å². The van der Waals surface area contributed by atoms with Crippen LogP contribution < -0.4 is 10.7 Å². The summed E-state index contributed by atoms with van der Waals surface area (Å²) in [5, 5.41) is 15.6. The van der Waals surface area contributed by atoms with E-state index in [4.69, 9.17) is 0 Å². The van der Waals surface area contributed by atoms with Crippen molar-refractivity contribution in [3.8, 4) is 5.75 Å². The van der Waals surface area contributed by atoms with E-state index in [0.29, 0.717) is 12.1 Å². The molecule has 0 unspecified atom stereocenters. The fourth-order valence-electron chi connectivity index (χ4n) is 1.30. The van der Waals surface area contributed by atoms with Gasteiger partial charge in [-0.2, -0.15) is 5.10 Å². The zero-order chi connectivity index (χ0) is 15.0. The highest BCUT2D eigenvalue weighted by Crippen LogP contribution is 2.19. The largest absolute Gasteiger partial charge is 0.507 e. The molecule has 1 aromatic carbocycles. The number of benzene rings is 1. The zero-order valence-corrected chi connectivity index (χ0v) is 12.6. The molecule has 0 aromatic heterocycles. The summed E-state index contributed by atoms with van der Waals surface area (Å²) in [6, 6.07) is 4.80. The molecule has 108 valence electrons. The van der Waals surface area contributed by atoms with Gasteiger partial charge in [0.05, 0.1) is 6.21 Å². The molecule has 1 aromatic rings. The second-order valence-electron chi connectivity index (χ2n) is 4.01. The Bertz CT molecular complexity index is 518. The Hall–Kier alpha value is -1.89. The summed E-state index contributed by atoms with van der Waals surface area (Å²) in [7, 11) is 0. The Morgan fingerprint density at radius 1 is 1.40 bits per heavy atom. The van der Waals surface area contributed by atoms with Crippen LogP contribution in [0.5, 0.6) is 5.75 Å². The maximum Gasteiger partial charge on any atom is 0.329 e. The van der Waals surface area contributed by atoms with Gasteiger partial charge < -0.3 is 10.4 Å². The van der Waals surface area contributed by atoms with Gasteiger partial charge in [-0.3, -0.25) is 9.59 Å². The lowest BCUT2D eigenvalue weighted by molar-refractivity contribution is -0.139. The second-order valence-corrected chi connectivity index (χ2v) is 4.93. The van der Waals surface area contributed by atoms with Gasteiger partial charge in [-0.1, -0.05) is 29.3 Å². The number of nitrogens with one attached hydrogen (secondary N) is 2. The standard InChI is InChI=1S/C13H16BrN3O3/c1-2-3-6-15-12(19)13(20)17-16-8-9-7-10(14)4-5-11(9)18/h4-5,7-8,18H,2-3,6H2,1H3,(H,15,19)(H,17,20)/b16-8-. The van der Waals surface area contributed by atoms with Crippen LogP contribution in [0.15, 0.2) is 27.8 Å². The van der Waals surface area contributed by atoms with Crippen molar-refractivity contribution in [2.45, 2.75) is 19.8 Å². The third kappa shape index (κ3) is 5.40. The van der Waals surface area contributed by atoms with Crippen molar-refractivity contribution < 1.29 is 14.7 Å². The summed E-state index contributed by atoms with van der Waals surface area (Å²) in [6.45, 7) is 2.44. The smallest absolute Gasteiger partial charge is 0.329 e. The lowest BCUT2D eigenvalue weighted by Gasteiger charge is -2.02. The van der Waals surface area contributed by atoms with Crippen molar-refractivity contribution in [1.82, 2.24) is 10.7 Å². The van der Waals surface area contributed by atoms with Crippen molar-refractivity contribution in [2.75, 3.05) is 6.54 Å². The Kier molecular flexibility index (Phi) is 6.72. The topological polar surface area (TPSA) is 90.8 Å². The molecule has 7 heteroatoms. The summed E-state index contributed by atoms with van der Waals surface area (Å²) < 4.78 is 0.764. The molecular weight excluding hydrogens is 326 g/mol. The first kappa shape index (κ1) is 16.2. The van der Waals surface area contributed by atoms with E-state index < -0.39 is 11.8 Å². The molecule has 0 aliphatic heterocycles. The van der Waals surface area contributed by atoms with Crippen molar-refractivity contribution in [2.24, 2.45) is 5.10 Å². The van der Waals surface area contributed by atoms with Gasteiger partial charge in [0, 0.05) is 16.6 Å². The van der Waals surface area contributed by atoms with Gasteiger partial charge >= 0.3 is 11.8 Å². The van der Waals surface area contributed by atoms with Crippen molar-refractivity contribution >= 4 is 34.0 Å². The zero-order valence-electron chi connectivity index (χ0n) is 11.0. The summed E-state index contributed by atoms with van der Waals surface area (Å²) in [6.07, 6.45) is 3.01. The van der Waals surface area contributed by atoms with E-state index in [9.17, 15) is 14.7 Å². The van der Waals surface area contributed by atoms with Gasteiger partial charge in [0.1, 0.15) is 5.75 Å². The first-order valence-electron chi connectivity index (χ1n) is 6.14. The predicted octanol–water partition coefficient (Wildman–Crippen LogP) is 1.52. The number of hydrogen-bond donors (Lipinski definition) is 3. The molecule has 1 rings (SSSR count). The number of phenolic OH excluding ortho intramolecular Hbond substituents is 1. The van der Waals surface area contributed by atoms with Crippen LogP contribution >= 0.6 is 15.9 Å². The first-order valence-corrected chi connectivity index (χ1v) is 6.93. The van der Waals surface area contributed by atoms with Crippen LogP contribution in [0.1, 0.15) is 25.3 Å². The third-order valence-corrected chi connectivity index (χ3v) is 2.87. The molecule has 0 saturated heterocycles. The van der Waals surface area contributed by atoms with E-state index in [-0.39, 0.29) is 5.75 Å². The van der Waals surface area contributed by atoms with Crippen LogP contribution in [-0.2, 0) is 9.59 Å². The maximum atomic E-state index is 11.4. The van der Waals surface area contributed by atoms with Gasteiger partial charge in [-0.15, -0.1) is 0 Å². The lowest BCUT2D eigenvalue weighted by Crippen LogP contribution is -2.38. The molecule has 0 spiro atoms. The number of halogens is 1. The van der Waals surface area contributed by atoms with Crippen molar-refractivity contribution in [3.05, 3.63) is 28.2 Å². The quantitative estimate of drug-likeness (QED) is 0.328. The normalized spacial score (nSPS) is 10.5. The number of rotatable bonds is 5. The van der Waals surface area contributed by atoms with Gasteiger partial charge in [0.25, 0.3) is 0 Å². The molecule has 20 heavy (non-hydrogen) atoms. The molecule has 0 aliphatic carbocycles. The average molecular weight is 342 g/mol. The van der Waals surface area contributed by atoms with Crippen LogP contribution in [0.3, 0.4) is 0 Å². The highest BCUT2D eigenvalue weighted by Gasteiger charge is 2.11. The average Bonchev–Trinajstić information content (AvgIpc) is 2.42. The number of phenols is 1. The highest BCUT2D eigenvalue weighted by atomic mass is 79.9. The van der Waals surface area contributed by atoms with Crippen molar-refractivity contribution in [1.29, 1.82) is 0 Å². The van der Waals surface area contributed by atoms with Crippen LogP contribution in [0.4, 0.5) is 0 Å². The Morgan fingerprint density at radius 3 is 2.85 bits per heavy atom.